The number of sulfonamides is 1. The molecule has 2 bridgehead atoms. The van der Waals surface area contributed by atoms with Crippen molar-refractivity contribution >= 4 is 39.0 Å². The van der Waals surface area contributed by atoms with Gasteiger partial charge in [-0.1, -0.05) is 12.1 Å². The van der Waals surface area contributed by atoms with Crippen LogP contribution in [0.1, 0.15) is 19.3 Å². The lowest BCUT2D eigenvalue weighted by atomic mass is 10.1. The fraction of sp³-hybridized carbons (Fsp3) is 0.455. The minimum atomic E-state index is -3.12. The Morgan fingerprint density at radius 1 is 1.00 bits per heavy atom. The molecular weight excluding hydrogens is 430 g/mol. The number of rotatable bonds is 4. The molecular formula is C22H25N5O4S. The predicted molar refractivity (Wildman–Crippen MR) is 121 cm³/mol. The van der Waals surface area contributed by atoms with Crippen LogP contribution in [0.25, 0.3) is 0 Å². The normalized spacial score (nSPS) is 25.3. The van der Waals surface area contributed by atoms with Crippen LogP contribution in [0.3, 0.4) is 0 Å². The Morgan fingerprint density at radius 3 is 2.41 bits per heavy atom. The van der Waals surface area contributed by atoms with Gasteiger partial charge in [-0.3, -0.25) is 4.90 Å². The van der Waals surface area contributed by atoms with Crippen LogP contribution < -0.4 is 14.7 Å². The third kappa shape index (κ3) is 3.04. The topological polar surface area (TPSA) is 97.3 Å². The van der Waals surface area contributed by atoms with Crippen molar-refractivity contribution in [3.05, 3.63) is 42.6 Å². The van der Waals surface area contributed by atoms with Crippen LogP contribution >= 0.6 is 0 Å². The van der Waals surface area contributed by atoms with Gasteiger partial charge in [0.1, 0.15) is 5.82 Å². The number of piperazine rings is 1. The van der Waals surface area contributed by atoms with Crippen LogP contribution in [-0.4, -0.2) is 72.4 Å². The Labute approximate surface area is 186 Å². The van der Waals surface area contributed by atoms with Crippen molar-refractivity contribution in [2.45, 2.75) is 36.6 Å². The number of aromatic nitrogens is 1. The van der Waals surface area contributed by atoms with Gasteiger partial charge in [-0.15, -0.1) is 0 Å². The fourth-order valence-electron chi connectivity index (χ4n) is 5.32. The first-order chi connectivity index (χ1) is 15.4. The van der Waals surface area contributed by atoms with Gasteiger partial charge in [0.25, 0.3) is 0 Å². The number of pyridine rings is 1. The summed E-state index contributed by atoms with van der Waals surface area (Å²) in [5.74, 6) is 0.772. The molecule has 3 fully saturated rings. The standard InChI is InChI=1S/C22H25N5O4S/c28-22(29)25-10-9-24(19-3-1-2-4-20(19)25)21-8-5-15(12-23-21)26-13-17-11-16(26)14-27(17)32(30,31)18-6-7-18/h1-5,8,12,16-18H,6-7,9-11,13-14H2,(H,28,29). The van der Waals surface area contributed by atoms with Gasteiger partial charge in [-0.2, -0.15) is 4.31 Å². The Hall–Kier alpha value is -2.85. The number of hydrogen-bond acceptors (Lipinski definition) is 6. The third-order valence-electron chi connectivity index (χ3n) is 7.04. The van der Waals surface area contributed by atoms with Crippen molar-refractivity contribution in [2.75, 3.05) is 40.9 Å². The van der Waals surface area contributed by atoms with E-state index in [1.54, 1.807) is 4.31 Å². The van der Waals surface area contributed by atoms with E-state index in [1.807, 2.05) is 47.5 Å². The number of hydrogen-bond donors (Lipinski definition) is 1. The predicted octanol–water partition coefficient (Wildman–Crippen LogP) is 2.47. The number of carbonyl (C=O) groups is 1. The average Bonchev–Trinajstić information content (AvgIpc) is 3.48. The van der Waals surface area contributed by atoms with Crippen molar-refractivity contribution in [2.24, 2.45) is 0 Å². The highest BCUT2D eigenvalue weighted by Crippen LogP contribution is 2.41. The maximum atomic E-state index is 12.7. The molecule has 2 saturated heterocycles. The van der Waals surface area contributed by atoms with Gasteiger partial charge < -0.3 is 14.9 Å². The second-order valence-corrected chi connectivity index (χ2v) is 11.1. The Kier molecular flexibility index (Phi) is 4.38. The lowest BCUT2D eigenvalue weighted by Crippen LogP contribution is -2.49. The SMILES string of the molecule is O=C(O)N1CCN(c2ccc(N3CC4CC3CN4S(=O)(=O)C3CC3)cn2)c2ccccc21. The molecule has 2 aromatic rings. The minimum Gasteiger partial charge on any atom is -0.465 e. The maximum Gasteiger partial charge on any atom is 0.411 e. The van der Waals surface area contributed by atoms with Crippen molar-refractivity contribution in [1.82, 2.24) is 9.29 Å². The van der Waals surface area contributed by atoms with Crippen molar-refractivity contribution < 1.29 is 18.3 Å². The van der Waals surface area contributed by atoms with Crippen LogP contribution in [0.2, 0.25) is 0 Å². The summed E-state index contributed by atoms with van der Waals surface area (Å²) in [6.45, 7) is 2.17. The van der Waals surface area contributed by atoms with Gasteiger partial charge in [0.05, 0.1) is 28.5 Å². The van der Waals surface area contributed by atoms with Crippen LogP contribution in [0.5, 0.6) is 0 Å². The van der Waals surface area contributed by atoms with E-state index in [4.69, 9.17) is 4.98 Å². The fourth-order valence-corrected chi connectivity index (χ4v) is 7.38. The highest BCUT2D eigenvalue weighted by molar-refractivity contribution is 7.90. The van der Waals surface area contributed by atoms with Crippen LogP contribution in [0.4, 0.5) is 27.7 Å². The molecule has 4 heterocycles. The van der Waals surface area contributed by atoms with Gasteiger partial charge in [0.15, 0.2) is 0 Å². The van der Waals surface area contributed by atoms with E-state index in [9.17, 15) is 18.3 Å². The molecule has 1 aliphatic carbocycles. The summed E-state index contributed by atoms with van der Waals surface area (Å²) < 4.78 is 27.1. The summed E-state index contributed by atoms with van der Waals surface area (Å²) in [7, 11) is -3.12. The molecule has 0 spiro atoms. The summed E-state index contributed by atoms with van der Waals surface area (Å²) in [6.07, 6.45) is 3.37. The molecule has 6 rings (SSSR count). The van der Waals surface area contributed by atoms with Crippen LogP contribution in [0, 0.1) is 0 Å². The van der Waals surface area contributed by atoms with E-state index in [2.05, 4.69) is 4.90 Å². The van der Waals surface area contributed by atoms with E-state index in [1.165, 1.54) is 4.90 Å². The second-order valence-electron chi connectivity index (χ2n) is 8.96. The number of benzene rings is 1. The summed E-state index contributed by atoms with van der Waals surface area (Å²) >= 11 is 0. The van der Waals surface area contributed by atoms with Gasteiger partial charge >= 0.3 is 6.09 Å². The van der Waals surface area contributed by atoms with Crippen LogP contribution in [-0.2, 0) is 10.0 Å². The van der Waals surface area contributed by atoms with E-state index < -0.39 is 16.1 Å². The van der Waals surface area contributed by atoms with E-state index in [0.29, 0.717) is 31.9 Å². The second kappa shape index (κ2) is 7.08. The Morgan fingerprint density at radius 2 is 1.78 bits per heavy atom. The third-order valence-corrected chi connectivity index (χ3v) is 9.46. The molecule has 3 aliphatic heterocycles. The van der Waals surface area contributed by atoms with Crippen molar-refractivity contribution in [1.29, 1.82) is 0 Å². The Bertz CT molecular complexity index is 1170. The average molecular weight is 456 g/mol. The van der Waals surface area contributed by atoms with Crippen molar-refractivity contribution in [3.8, 4) is 0 Å². The van der Waals surface area contributed by atoms with E-state index in [-0.39, 0.29) is 17.3 Å². The quantitative estimate of drug-likeness (QED) is 0.756. The molecule has 2 atom stereocenters. The summed E-state index contributed by atoms with van der Waals surface area (Å²) in [4.78, 5) is 22.0. The molecule has 168 valence electrons. The van der Waals surface area contributed by atoms with E-state index in [0.717, 1.165) is 36.5 Å². The van der Waals surface area contributed by atoms with Gasteiger partial charge in [0, 0.05) is 38.3 Å². The smallest absolute Gasteiger partial charge is 0.411 e. The highest BCUT2D eigenvalue weighted by atomic mass is 32.2. The lowest BCUT2D eigenvalue weighted by molar-refractivity contribution is 0.201. The van der Waals surface area contributed by atoms with Crippen molar-refractivity contribution in [3.63, 3.8) is 0 Å². The maximum absolute atomic E-state index is 12.7. The zero-order chi connectivity index (χ0) is 22.0. The van der Waals surface area contributed by atoms with E-state index >= 15 is 0 Å². The number of fused-ring (bicyclic) bond motifs is 3. The van der Waals surface area contributed by atoms with Crippen LogP contribution in [0.15, 0.2) is 42.6 Å². The summed E-state index contributed by atoms with van der Waals surface area (Å²) in [5, 5.41) is 9.35. The molecule has 9 nitrogen and oxygen atoms in total. The van der Waals surface area contributed by atoms with Gasteiger partial charge in [-0.25, -0.2) is 18.2 Å². The molecule has 1 N–H and O–H groups in total. The number of amides is 1. The molecule has 0 radical (unpaired) electrons. The molecule has 1 amide bonds. The summed E-state index contributed by atoms with van der Waals surface area (Å²) in [6, 6.07) is 11.7. The first-order valence-corrected chi connectivity index (χ1v) is 12.5. The van der Waals surface area contributed by atoms with Gasteiger partial charge in [0.2, 0.25) is 10.0 Å². The largest absolute Gasteiger partial charge is 0.465 e. The molecule has 1 aromatic heterocycles. The Balaban J connectivity index is 1.21. The number of anilines is 4. The molecule has 32 heavy (non-hydrogen) atoms. The zero-order valence-corrected chi connectivity index (χ0v) is 18.4. The molecule has 1 aromatic carbocycles. The number of para-hydroxylation sites is 2. The molecule has 2 unspecified atom stereocenters. The summed E-state index contributed by atoms with van der Waals surface area (Å²) in [5.41, 5.74) is 2.48. The van der Waals surface area contributed by atoms with Gasteiger partial charge in [-0.05, 0) is 43.5 Å². The molecule has 4 aliphatic rings. The highest BCUT2D eigenvalue weighted by Gasteiger charge is 2.52. The minimum absolute atomic E-state index is 0.0567. The monoisotopic (exact) mass is 455 g/mol. The molecule has 1 saturated carbocycles. The zero-order valence-electron chi connectivity index (χ0n) is 17.5. The lowest BCUT2D eigenvalue weighted by Gasteiger charge is -2.36. The molecule has 10 heteroatoms. The first-order valence-electron chi connectivity index (χ1n) is 11.0. The first kappa shape index (κ1) is 19.8. The number of carboxylic acid groups (broad SMARTS) is 1. The number of nitrogens with zero attached hydrogens (tertiary/aromatic N) is 5.